The standard InChI is InChI=1S/C29H36N2O2/c1-16(2)25-13-21(10-18(5)28(25)30)12-22-11-19(6)29(26(14-22)17(3)4)31-20(7)24-9-8-23(32)15-27(24)33/h8-11,13-17,32-33H,12,30H2,1-7H3/b31-20+. The smallest absolute Gasteiger partial charge is 0.128 e. The topological polar surface area (TPSA) is 78.8 Å². The molecule has 0 aliphatic heterocycles. The number of aromatic hydroxyl groups is 2. The predicted molar refractivity (Wildman–Crippen MR) is 139 cm³/mol. The van der Waals surface area contributed by atoms with Gasteiger partial charge in [0.25, 0.3) is 0 Å². The van der Waals surface area contributed by atoms with Gasteiger partial charge in [-0.2, -0.15) is 0 Å². The minimum Gasteiger partial charge on any atom is -0.508 e. The molecule has 0 aliphatic carbocycles. The van der Waals surface area contributed by atoms with Crippen LogP contribution in [-0.4, -0.2) is 15.9 Å². The van der Waals surface area contributed by atoms with Crippen LogP contribution in [0.5, 0.6) is 11.5 Å². The van der Waals surface area contributed by atoms with Gasteiger partial charge in [0.1, 0.15) is 11.5 Å². The summed E-state index contributed by atoms with van der Waals surface area (Å²) in [7, 11) is 0. The molecule has 0 atom stereocenters. The van der Waals surface area contributed by atoms with Crippen LogP contribution in [0.1, 0.15) is 85.4 Å². The normalized spacial score (nSPS) is 12.1. The lowest BCUT2D eigenvalue weighted by Crippen LogP contribution is -2.03. The summed E-state index contributed by atoms with van der Waals surface area (Å²) in [5.41, 5.74) is 16.6. The Morgan fingerprint density at radius 3 is 2.00 bits per heavy atom. The van der Waals surface area contributed by atoms with Crippen LogP contribution in [0.25, 0.3) is 0 Å². The molecule has 0 aromatic heterocycles. The zero-order chi connectivity index (χ0) is 24.4. The number of nitrogen functional groups attached to an aromatic ring is 1. The minimum atomic E-state index is 0.0243. The third kappa shape index (κ3) is 5.39. The molecule has 0 spiro atoms. The Labute approximate surface area is 197 Å². The number of phenols is 2. The zero-order valence-electron chi connectivity index (χ0n) is 20.8. The number of phenolic OH excluding ortho intramolecular Hbond substituents is 2. The number of nitrogens with zero attached hydrogens (tertiary/aromatic N) is 1. The molecule has 0 aliphatic rings. The van der Waals surface area contributed by atoms with Crippen LogP contribution >= 0.6 is 0 Å². The van der Waals surface area contributed by atoms with Gasteiger partial charge >= 0.3 is 0 Å². The van der Waals surface area contributed by atoms with E-state index in [4.69, 9.17) is 10.7 Å². The highest BCUT2D eigenvalue weighted by Crippen LogP contribution is 2.35. The Morgan fingerprint density at radius 1 is 0.848 bits per heavy atom. The van der Waals surface area contributed by atoms with Crippen molar-refractivity contribution in [1.29, 1.82) is 0 Å². The van der Waals surface area contributed by atoms with Crippen molar-refractivity contribution < 1.29 is 10.2 Å². The molecular weight excluding hydrogens is 408 g/mol. The highest BCUT2D eigenvalue weighted by molar-refractivity contribution is 6.02. The quantitative estimate of drug-likeness (QED) is 0.276. The van der Waals surface area contributed by atoms with Crippen molar-refractivity contribution in [1.82, 2.24) is 0 Å². The molecule has 4 heteroatoms. The second-order valence-corrected chi connectivity index (χ2v) is 9.65. The molecule has 4 nitrogen and oxygen atoms in total. The van der Waals surface area contributed by atoms with E-state index in [0.29, 0.717) is 23.1 Å². The zero-order valence-corrected chi connectivity index (χ0v) is 20.8. The average molecular weight is 445 g/mol. The molecule has 174 valence electrons. The van der Waals surface area contributed by atoms with Crippen LogP contribution in [0.3, 0.4) is 0 Å². The number of rotatable bonds is 6. The van der Waals surface area contributed by atoms with Crippen molar-refractivity contribution >= 4 is 17.1 Å². The van der Waals surface area contributed by atoms with Crippen molar-refractivity contribution in [2.45, 2.75) is 66.7 Å². The number of aryl methyl sites for hydroxylation is 2. The van der Waals surface area contributed by atoms with Crippen LogP contribution in [-0.2, 0) is 6.42 Å². The van der Waals surface area contributed by atoms with Crippen molar-refractivity contribution in [3.8, 4) is 11.5 Å². The number of hydrogen-bond acceptors (Lipinski definition) is 4. The first-order valence-corrected chi connectivity index (χ1v) is 11.6. The number of hydrogen-bond donors (Lipinski definition) is 3. The number of aliphatic imine (C=N–C) groups is 1. The van der Waals surface area contributed by atoms with Crippen LogP contribution in [0.15, 0.2) is 47.5 Å². The molecule has 3 aromatic rings. The highest BCUT2D eigenvalue weighted by atomic mass is 16.3. The fourth-order valence-corrected chi connectivity index (χ4v) is 4.35. The maximum Gasteiger partial charge on any atom is 0.128 e. The fourth-order valence-electron chi connectivity index (χ4n) is 4.35. The Bertz CT molecular complexity index is 1210. The molecular formula is C29H36N2O2. The van der Waals surface area contributed by atoms with Gasteiger partial charge in [-0.05, 0) is 84.5 Å². The first-order chi connectivity index (χ1) is 15.5. The van der Waals surface area contributed by atoms with E-state index in [-0.39, 0.29) is 11.5 Å². The van der Waals surface area contributed by atoms with E-state index in [0.717, 1.165) is 28.9 Å². The molecule has 4 N–H and O–H groups in total. The first kappa shape index (κ1) is 24.4. The molecule has 0 fully saturated rings. The van der Waals surface area contributed by atoms with Gasteiger partial charge in [-0.25, -0.2) is 0 Å². The maximum absolute atomic E-state index is 10.2. The summed E-state index contributed by atoms with van der Waals surface area (Å²) in [5, 5.41) is 19.8. The number of benzene rings is 3. The van der Waals surface area contributed by atoms with Gasteiger partial charge in [0.2, 0.25) is 0 Å². The second-order valence-electron chi connectivity index (χ2n) is 9.65. The van der Waals surface area contributed by atoms with Gasteiger partial charge in [-0.15, -0.1) is 0 Å². The fraction of sp³-hybridized carbons (Fsp3) is 0.345. The highest BCUT2D eigenvalue weighted by Gasteiger charge is 2.15. The monoisotopic (exact) mass is 444 g/mol. The molecule has 3 rings (SSSR count). The van der Waals surface area contributed by atoms with E-state index in [1.54, 1.807) is 12.1 Å². The molecule has 0 unspecified atom stereocenters. The summed E-state index contributed by atoms with van der Waals surface area (Å²) in [5.74, 6) is 0.734. The second kappa shape index (κ2) is 9.70. The summed E-state index contributed by atoms with van der Waals surface area (Å²) < 4.78 is 0. The van der Waals surface area contributed by atoms with Gasteiger partial charge in [-0.1, -0.05) is 52.0 Å². The summed E-state index contributed by atoms with van der Waals surface area (Å²) in [6.07, 6.45) is 0.836. The molecule has 0 bridgehead atoms. The van der Waals surface area contributed by atoms with Gasteiger partial charge in [0.05, 0.1) is 5.69 Å². The molecule has 0 amide bonds. The Morgan fingerprint density at radius 2 is 1.42 bits per heavy atom. The predicted octanol–water partition coefficient (Wildman–Crippen LogP) is 7.28. The van der Waals surface area contributed by atoms with Crippen LogP contribution in [0.4, 0.5) is 11.4 Å². The lowest BCUT2D eigenvalue weighted by molar-refractivity contribution is 0.450. The maximum atomic E-state index is 10.2. The van der Waals surface area contributed by atoms with E-state index in [1.807, 2.05) is 6.92 Å². The van der Waals surface area contributed by atoms with Crippen molar-refractivity contribution in [2.75, 3.05) is 5.73 Å². The van der Waals surface area contributed by atoms with E-state index in [1.165, 1.54) is 28.3 Å². The molecule has 3 aromatic carbocycles. The van der Waals surface area contributed by atoms with Gasteiger partial charge in [0, 0.05) is 23.0 Å². The number of anilines is 1. The van der Waals surface area contributed by atoms with E-state index in [9.17, 15) is 10.2 Å². The van der Waals surface area contributed by atoms with Gasteiger partial charge in [0.15, 0.2) is 0 Å². The summed E-state index contributed by atoms with van der Waals surface area (Å²) >= 11 is 0. The van der Waals surface area contributed by atoms with Crippen LogP contribution in [0.2, 0.25) is 0 Å². The SMILES string of the molecule is C/C(=N\c1c(C)cc(Cc2cc(C)c(N)c(C(C)C)c2)cc1C(C)C)c1ccc(O)cc1O. The molecule has 0 saturated heterocycles. The average Bonchev–Trinajstić information content (AvgIpc) is 2.71. The summed E-state index contributed by atoms with van der Waals surface area (Å²) in [4.78, 5) is 4.91. The van der Waals surface area contributed by atoms with Crippen molar-refractivity contribution in [3.05, 3.63) is 81.4 Å². The molecule has 0 heterocycles. The summed E-state index contributed by atoms with van der Waals surface area (Å²) in [6.45, 7) is 14.8. The Kier molecular flexibility index (Phi) is 7.16. The lowest BCUT2D eigenvalue weighted by Gasteiger charge is -2.18. The van der Waals surface area contributed by atoms with Crippen LogP contribution < -0.4 is 5.73 Å². The summed E-state index contributed by atoms with van der Waals surface area (Å²) in [6, 6.07) is 13.5. The third-order valence-corrected chi connectivity index (χ3v) is 6.17. The molecule has 33 heavy (non-hydrogen) atoms. The van der Waals surface area contributed by atoms with E-state index >= 15 is 0 Å². The van der Waals surface area contributed by atoms with Gasteiger partial charge < -0.3 is 15.9 Å². The Balaban J connectivity index is 2.04. The first-order valence-electron chi connectivity index (χ1n) is 11.6. The molecule has 0 radical (unpaired) electrons. The Hall–Kier alpha value is -3.27. The van der Waals surface area contributed by atoms with E-state index < -0.39 is 0 Å². The third-order valence-electron chi connectivity index (χ3n) is 6.17. The van der Waals surface area contributed by atoms with E-state index in [2.05, 4.69) is 65.8 Å². The van der Waals surface area contributed by atoms with Crippen molar-refractivity contribution in [2.24, 2.45) is 4.99 Å². The van der Waals surface area contributed by atoms with Gasteiger partial charge in [-0.3, -0.25) is 4.99 Å². The molecule has 0 saturated carbocycles. The number of nitrogens with two attached hydrogens (primary N) is 1. The van der Waals surface area contributed by atoms with Crippen molar-refractivity contribution in [3.63, 3.8) is 0 Å². The largest absolute Gasteiger partial charge is 0.508 e. The lowest BCUT2D eigenvalue weighted by atomic mass is 9.90. The minimum absolute atomic E-state index is 0.0243. The van der Waals surface area contributed by atoms with Crippen LogP contribution in [0, 0.1) is 13.8 Å².